The van der Waals surface area contributed by atoms with Crippen LogP contribution in [-0.4, -0.2) is 12.7 Å². The summed E-state index contributed by atoms with van der Waals surface area (Å²) in [5.74, 6) is 3.05. The Morgan fingerprint density at radius 3 is 2.64 bits per heavy atom. The Morgan fingerprint density at radius 1 is 1.28 bits per heavy atom. The fourth-order valence-corrected chi connectivity index (χ4v) is 4.88. The van der Waals surface area contributed by atoms with Crippen molar-refractivity contribution in [3.63, 3.8) is 0 Å². The van der Waals surface area contributed by atoms with Gasteiger partial charge < -0.3 is 9.47 Å². The van der Waals surface area contributed by atoms with E-state index in [1.54, 1.807) is 7.11 Å². The fraction of sp³-hybridized carbons (Fsp3) is 0.652. The Labute approximate surface area is 153 Å². The molecule has 0 spiro atoms. The maximum Gasteiger partial charge on any atom is 0.127 e. The molecule has 0 aromatic heterocycles. The number of allylic oxidation sites excluding steroid dienone is 2. The van der Waals surface area contributed by atoms with Crippen molar-refractivity contribution in [1.29, 1.82) is 0 Å². The maximum absolute atomic E-state index is 6.57. The predicted octanol–water partition coefficient (Wildman–Crippen LogP) is 6.38. The first-order chi connectivity index (χ1) is 11.7. The van der Waals surface area contributed by atoms with Crippen molar-refractivity contribution in [3.8, 4) is 11.5 Å². The van der Waals surface area contributed by atoms with Crippen LogP contribution in [0.1, 0.15) is 84.3 Å². The van der Waals surface area contributed by atoms with Crippen LogP contribution in [0.2, 0.25) is 0 Å². The molecule has 1 aromatic rings. The highest BCUT2D eigenvalue weighted by atomic mass is 16.5. The summed E-state index contributed by atoms with van der Waals surface area (Å²) in [7, 11) is 1.80. The normalized spacial score (nSPS) is 24.7. The second-order valence-corrected chi connectivity index (χ2v) is 9.13. The van der Waals surface area contributed by atoms with Crippen molar-refractivity contribution in [2.45, 2.75) is 84.2 Å². The molecule has 0 saturated carbocycles. The molecule has 2 nitrogen and oxygen atoms in total. The van der Waals surface area contributed by atoms with E-state index in [1.807, 2.05) is 0 Å². The molecule has 1 aliphatic heterocycles. The number of ether oxygens (including phenoxy) is 2. The molecule has 2 heteroatoms. The SMILES string of the molecule is CCCC(C)(C)c1cc(OC)c2c(c1)OC(C)(C)C1CC=C(C)CC21. The molecule has 0 N–H and O–H groups in total. The molecule has 1 aliphatic carbocycles. The zero-order chi connectivity index (χ0) is 18.4. The summed E-state index contributed by atoms with van der Waals surface area (Å²) in [6, 6.07) is 4.56. The third-order valence-electron chi connectivity index (χ3n) is 6.37. The standard InChI is InChI=1S/C23H34O2/c1-8-11-22(3,4)16-13-19(24-7)21-17-12-15(2)9-10-18(17)23(5,6)25-20(21)14-16/h9,13-14,17-18H,8,10-12H2,1-7H3. The number of hydrogen-bond donors (Lipinski definition) is 0. The molecule has 25 heavy (non-hydrogen) atoms. The van der Waals surface area contributed by atoms with Crippen molar-refractivity contribution < 1.29 is 9.47 Å². The highest BCUT2D eigenvalue weighted by Gasteiger charge is 2.46. The van der Waals surface area contributed by atoms with Crippen molar-refractivity contribution in [3.05, 3.63) is 34.9 Å². The topological polar surface area (TPSA) is 18.5 Å². The molecule has 2 unspecified atom stereocenters. The van der Waals surface area contributed by atoms with Crippen LogP contribution in [0.25, 0.3) is 0 Å². The number of hydrogen-bond acceptors (Lipinski definition) is 2. The lowest BCUT2D eigenvalue weighted by Crippen LogP contribution is -2.45. The average molecular weight is 343 g/mol. The minimum absolute atomic E-state index is 0.129. The van der Waals surface area contributed by atoms with Crippen molar-refractivity contribution in [2.24, 2.45) is 5.92 Å². The second-order valence-electron chi connectivity index (χ2n) is 9.13. The lowest BCUT2D eigenvalue weighted by atomic mass is 9.66. The third kappa shape index (κ3) is 3.20. The summed E-state index contributed by atoms with van der Waals surface area (Å²) < 4.78 is 12.5. The van der Waals surface area contributed by atoms with Gasteiger partial charge in [-0.1, -0.05) is 38.8 Å². The molecule has 0 saturated heterocycles. The van der Waals surface area contributed by atoms with E-state index >= 15 is 0 Å². The molecule has 2 atom stereocenters. The van der Waals surface area contributed by atoms with E-state index in [1.165, 1.54) is 23.1 Å². The molecule has 1 heterocycles. The van der Waals surface area contributed by atoms with E-state index in [2.05, 4.69) is 59.8 Å². The Morgan fingerprint density at radius 2 is 2.00 bits per heavy atom. The first kappa shape index (κ1) is 18.4. The Bertz CT molecular complexity index is 682. The largest absolute Gasteiger partial charge is 0.496 e. The fourth-order valence-electron chi connectivity index (χ4n) is 4.88. The van der Waals surface area contributed by atoms with Gasteiger partial charge in [-0.2, -0.15) is 0 Å². The minimum atomic E-state index is -0.145. The van der Waals surface area contributed by atoms with Gasteiger partial charge in [0.25, 0.3) is 0 Å². The highest BCUT2D eigenvalue weighted by molar-refractivity contribution is 5.54. The number of benzene rings is 1. The van der Waals surface area contributed by atoms with Crippen molar-refractivity contribution in [1.82, 2.24) is 0 Å². The minimum Gasteiger partial charge on any atom is -0.496 e. The van der Waals surface area contributed by atoms with Gasteiger partial charge in [0.1, 0.15) is 17.1 Å². The second kappa shape index (κ2) is 6.37. The van der Waals surface area contributed by atoms with Crippen LogP contribution < -0.4 is 9.47 Å². The molecular formula is C23H34O2. The highest BCUT2D eigenvalue weighted by Crippen LogP contribution is 2.55. The maximum atomic E-state index is 6.57. The van der Waals surface area contributed by atoms with E-state index in [0.717, 1.165) is 30.8 Å². The van der Waals surface area contributed by atoms with Gasteiger partial charge in [0, 0.05) is 17.4 Å². The first-order valence-corrected chi connectivity index (χ1v) is 9.76. The Balaban J connectivity index is 2.14. The van der Waals surface area contributed by atoms with Crippen LogP contribution >= 0.6 is 0 Å². The van der Waals surface area contributed by atoms with Crippen molar-refractivity contribution >= 4 is 0 Å². The predicted molar refractivity (Wildman–Crippen MR) is 105 cm³/mol. The smallest absolute Gasteiger partial charge is 0.127 e. The molecule has 1 aromatic carbocycles. The molecule has 3 rings (SSSR count). The third-order valence-corrected chi connectivity index (χ3v) is 6.37. The van der Waals surface area contributed by atoms with Crippen LogP contribution in [0.15, 0.2) is 23.8 Å². The van der Waals surface area contributed by atoms with E-state index in [-0.39, 0.29) is 11.0 Å². The monoisotopic (exact) mass is 342 g/mol. The average Bonchev–Trinajstić information content (AvgIpc) is 2.52. The van der Waals surface area contributed by atoms with Gasteiger partial charge in [-0.25, -0.2) is 0 Å². The van der Waals surface area contributed by atoms with Crippen molar-refractivity contribution in [2.75, 3.05) is 7.11 Å². The van der Waals surface area contributed by atoms with Crippen LogP contribution in [0, 0.1) is 5.92 Å². The summed E-state index contributed by atoms with van der Waals surface area (Å²) in [4.78, 5) is 0. The zero-order valence-corrected chi connectivity index (χ0v) is 17.0. The Kier molecular flexibility index (Phi) is 4.68. The van der Waals surface area contributed by atoms with E-state index in [9.17, 15) is 0 Å². The summed E-state index contributed by atoms with van der Waals surface area (Å²) >= 11 is 0. The first-order valence-electron chi connectivity index (χ1n) is 9.76. The molecule has 2 aliphatic rings. The van der Waals surface area contributed by atoms with E-state index in [0.29, 0.717) is 11.8 Å². The molecular weight excluding hydrogens is 308 g/mol. The Hall–Kier alpha value is -1.44. The van der Waals surface area contributed by atoms with Gasteiger partial charge in [0.15, 0.2) is 0 Å². The van der Waals surface area contributed by atoms with Gasteiger partial charge in [-0.05, 0) is 63.1 Å². The van der Waals surface area contributed by atoms with Gasteiger partial charge in [0.05, 0.1) is 7.11 Å². The van der Waals surface area contributed by atoms with E-state index in [4.69, 9.17) is 9.47 Å². The molecule has 0 amide bonds. The molecule has 0 fully saturated rings. The molecule has 0 bridgehead atoms. The summed E-state index contributed by atoms with van der Waals surface area (Å²) in [6.07, 6.45) is 6.93. The van der Waals surface area contributed by atoms with Gasteiger partial charge in [0.2, 0.25) is 0 Å². The zero-order valence-electron chi connectivity index (χ0n) is 17.0. The lowest BCUT2D eigenvalue weighted by Gasteiger charge is -2.47. The van der Waals surface area contributed by atoms with Gasteiger partial charge in [-0.15, -0.1) is 0 Å². The van der Waals surface area contributed by atoms with Crippen LogP contribution in [-0.2, 0) is 5.41 Å². The summed E-state index contributed by atoms with van der Waals surface area (Å²) in [5.41, 5.74) is 4.08. The number of rotatable bonds is 4. The van der Waals surface area contributed by atoms with Crippen LogP contribution in [0.3, 0.4) is 0 Å². The van der Waals surface area contributed by atoms with Gasteiger partial charge >= 0.3 is 0 Å². The lowest BCUT2D eigenvalue weighted by molar-refractivity contribution is 0.00738. The van der Waals surface area contributed by atoms with Gasteiger partial charge in [-0.3, -0.25) is 0 Å². The molecule has 138 valence electrons. The summed E-state index contributed by atoms with van der Waals surface area (Å²) in [6.45, 7) is 13.6. The number of fused-ring (bicyclic) bond motifs is 3. The van der Waals surface area contributed by atoms with E-state index < -0.39 is 0 Å². The quantitative estimate of drug-likeness (QED) is 0.591. The van der Waals surface area contributed by atoms with Crippen LogP contribution in [0.4, 0.5) is 0 Å². The number of methoxy groups -OCH3 is 1. The molecule has 0 radical (unpaired) electrons. The van der Waals surface area contributed by atoms with Crippen LogP contribution in [0.5, 0.6) is 11.5 Å². The summed E-state index contributed by atoms with van der Waals surface area (Å²) in [5, 5.41) is 0.